The zero-order chi connectivity index (χ0) is 11.0. The van der Waals surface area contributed by atoms with Crippen LogP contribution in [0, 0.1) is 23.7 Å². The van der Waals surface area contributed by atoms with E-state index in [1.165, 1.54) is 0 Å². The molecule has 0 unspecified atom stereocenters. The van der Waals surface area contributed by atoms with Crippen molar-refractivity contribution in [2.24, 2.45) is 23.7 Å². The minimum Gasteiger partial charge on any atom is -0.481 e. The van der Waals surface area contributed by atoms with Crippen molar-refractivity contribution in [1.82, 2.24) is 0 Å². The molecule has 4 atom stereocenters. The van der Waals surface area contributed by atoms with Gasteiger partial charge in [-0.15, -0.1) is 0 Å². The van der Waals surface area contributed by atoms with Gasteiger partial charge in [-0.3, -0.25) is 9.59 Å². The minimum atomic E-state index is -0.842. The smallest absolute Gasteiger partial charge is 0.307 e. The van der Waals surface area contributed by atoms with Gasteiger partial charge < -0.3 is 10.2 Å². The van der Waals surface area contributed by atoms with Crippen molar-refractivity contribution in [2.75, 3.05) is 0 Å². The second-order valence-electron chi connectivity index (χ2n) is 4.41. The number of hydrogen-bond acceptors (Lipinski definition) is 2. The normalized spacial score (nSPS) is 37.1. The molecule has 1 fully saturated rings. The fraction of sp³-hybridized carbons (Fsp3) is 0.636. The van der Waals surface area contributed by atoms with E-state index >= 15 is 0 Å². The molecule has 2 aliphatic carbocycles. The summed E-state index contributed by atoms with van der Waals surface area (Å²) >= 11 is 0. The standard InChI is InChI=1S/C11H14O4/c12-9(13)4-3-8-6-1-2-7(5-6)10(8)11(14)15/h1-2,6-8,10H,3-5H2,(H,12,13)(H,14,15)/t6-,7+,8-,10+/m1/s1. The van der Waals surface area contributed by atoms with Gasteiger partial charge >= 0.3 is 11.9 Å². The monoisotopic (exact) mass is 210 g/mol. The van der Waals surface area contributed by atoms with Gasteiger partial charge in [-0.25, -0.2) is 0 Å². The molecule has 4 heteroatoms. The van der Waals surface area contributed by atoms with Crippen LogP contribution in [0.15, 0.2) is 12.2 Å². The average Bonchev–Trinajstić information content (AvgIpc) is 2.72. The Kier molecular flexibility index (Phi) is 2.50. The topological polar surface area (TPSA) is 74.6 Å². The molecule has 0 radical (unpaired) electrons. The quantitative estimate of drug-likeness (QED) is 0.687. The van der Waals surface area contributed by atoms with Crippen LogP contribution in [0.1, 0.15) is 19.3 Å². The minimum absolute atomic E-state index is 0.0219. The number of allylic oxidation sites excluding steroid dienone is 2. The number of fused-ring (bicyclic) bond motifs is 2. The highest BCUT2D eigenvalue weighted by Gasteiger charge is 2.47. The highest BCUT2D eigenvalue weighted by atomic mass is 16.4. The predicted molar refractivity (Wildman–Crippen MR) is 52.2 cm³/mol. The highest BCUT2D eigenvalue weighted by molar-refractivity contribution is 5.72. The Balaban J connectivity index is 2.05. The number of carbonyl (C=O) groups is 2. The molecule has 2 aliphatic rings. The second-order valence-corrected chi connectivity index (χ2v) is 4.41. The van der Waals surface area contributed by atoms with Gasteiger partial charge in [0.15, 0.2) is 0 Å². The van der Waals surface area contributed by atoms with Crippen LogP contribution in [-0.2, 0) is 9.59 Å². The van der Waals surface area contributed by atoms with Crippen molar-refractivity contribution in [2.45, 2.75) is 19.3 Å². The fourth-order valence-electron chi connectivity index (χ4n) is 2.97. The van der Waals surface area contributed by atoms with Gasteiger partial charge in [0.2, 0.25) is 0 Å². The van der Waals surface area contributed by atoms with Gasteiger partial charge in [0.1, 0.15) is 0 Å². The van der Waals surface area contributed by atoms with E-state index in [-0.39, 0.29) is 30.1 Å². The zero-order valence-electron chi connectivity index (χ0n) is 8.30. The summed E-state index contributed by atoms with van der Waals surface area (Å²) in [6.45, 7) is 0. The number of carboxylic acids is 2. The Labute approximate surface area is 87.6 Å². The Morgan fingerprint density at radius 1 is 1.20 bits per heavy atom. The van der Waals surface area contributed by atoms with E-state index < -0.39 is 11.9 Å². The number of aliphatic carboxylic acids is 2. The van der Waals surface area contributed by atoms with Crippen LogP contribution >= 0.6 is 0 Å². The molecule has 0 aromatic heterocycles. The number of rotatable bonds is 4. The maximum Gasteiger partial charge on any atom is 0.307 e. The Bertz CT molecular complexity index is 321. The first-order chi connectivity index (χ1) is 7.09. The lowest BCUT2D eigenvalue weighted by Crippen LogP contribution is -2.27. The Morgan fingerprint density at radius 3 is 2.47 bits per heavy atom. The summed E-state index contributed by atoms with van der Waals surface area (Å²) in [5.41, 5.74) is 0. The second kappa shape index (κ2) is 3.68. The fourth-order valence-corrected chi connectivity index (χ4v) is 2.97. The van der Waals surface area contributed by atoms with E-state index in [9.17, 15) is 9.59 Å². The van der Waals surface area contributed by atoms with Gasteiger partial charge in [-0.2, -0.15) is 0 Å². The number of carboxylic acid groups (broad SMARTS) is 2. The SMILES string of the molecule is O=C(O)CC[C@H]1[C@@H](C(=O)O)[C@H]2C=C[C@@H]1C2. The Hall–Kier alpha value is -1.32. The number of hydrogen-bond donors (Lipinski definition) is 2. The van der Waals surface area contributed by atoms with Gasteiger partial charge in [0, 0.05) is 6.42 Å². The predicted octanol–water partition coefficient (Wildman–Crippen LogP) is 1.37. The third kappa shape index (κ3) is 1.76. The summed E-state index contributed by atoms with van der Waals surface area (Å²) in [6, 6.07) is 0. The molecular weight excluding hydrogens is 196 g/mol. The summed E-state index contributed by atoms with van der Waals surface area (Å²) in [7, 11) is 0. The van der Waals surface area contributed by atoms with E-state index in [0.29, 0.717) is 6.42 Å². The zero-order valence-corrected chi connectivity index (χ0v) is 8.30. The first-order valence-corrected chi connectivity index (χ1v) is 5.22. The van der Waals surface area contributed by atoms with Crippen LogP contribution in [0.5, 0.6) is 0 Å². The first kappa shape index (κ1) is 10.2. The largest absolute Gasteiger partial charge is 0.481 e. The van der Waals surface area contributed by atoms with Crippen LogP contribution in [0.2, 0.25) is 0 Å². The molecule has 0 amide bonds. The lowest BCUT2D eigenvalue weighted by atomic mass is 9.80. The molecular formula is C11H14O4. The van der Waals surface area contributed by atoms with E-state index in [1.807, 2.05) is 6.08 Å². The molecule has 0 heterocycles. The summed E-state index contributed by atoms with van der Waals surface area (Å²) in [6.07, 6.45) is 5.47. The third-order valence-electron chi connectivity index (χ3n) is 3.60. The Morgan fingerprint density at radius 2 is 1.87 bits per heavy atom. The van der Waals surface area contributed by atoms with Gasteiger partial charge in [0.05, 0.1) is 5.92 Å². The van der Waals surface area contributed by atoms with Crippen molar-refractivity contribution in [3.05, 3.63) is 12.2 Å². The highest BCUT2D eigenvalue weighted by Crippen LogP contribution is 2.49. The van der Waals surface area contributed by atoms with Crippen LogP contribution in [-0.4, -0.2) is 22.2 Å². The molecule has 2 N–H and O–H groups in total. The third-order valence-corrected chi connectivity index (χ3v) is 3.60. The molecule has 1 saturated carbocycles. The van der Waals surface area contributed by atoms with Gasteiger partial charge in [0.25, 0.3) is 0 Å². The summed E-state index contributed by atoms with van der Waals surface area (Å²) in [5.74, 6) is -1.54. The molecule has 2 bridgehead atoms. The lowest BCUT2D eigenvalue weighted by molar-refractivity contribution is -0.145. The van der Waals surface area contributed by atoms with E-state index in [2.05, 4.69) is 6.08 Å². The summed E-state index contributed by atoms with van der Waals surface area (Å²) in [4.78, 5) is 21.5. The van der Waals surface area contributed by atoms with Crippen molar-refractivity contribution in [3.63, 3.8) is 0 Å². The van der Waals surface area contributed by atoms with Crippen LogP contribution in [0.3, 0.4) is 0 Å². The van der Waals surface area contributed by atoms with Crippen molar-refractivity contribution in [3.8, 4) is 0 Å². The molecule has 0 aromatic rings. The van der Waals surface area contributed by atoms with Crippen LogP contribution in [0.25, 0.3) is 0 Å². The maximum absolute atomic E-state index is 11.1. The van der Waals surface area contributed by atoms with E-state index in [0.717, 1.165) is 6.42 Å². The molecule has 0 saturated heterocycles. The summed E-state index contributed by atoms with van der Waals surface area (Å²) in [5, 5.41) is 17.7. The summed E-state index contributed by atoms with van der Waals surface area (Å²) < 4.78 is 0. The maximum atomic E-state index is 11.1. The van der Waals surface area contributed by atoms with Crippen molar-refractivity contribution < 1.29 is 19.8 Å². The van der Waals surface area contributed by atoms with Crippen LogP contribution < -0.4 is 0 Å². The molecule has 15 heavy (non-hydrogen) atoms. The van der Waals surface area contributed by atoms with Gasteiger partial charge in [-0.1, -0.05) is 12.2 Å². The van der Waals surface area contributed by atoms with Crippen LogP contribution in [0.4, 0.5) is 0 Å². The van der Waals surface area contributed by atoms with Crippen molar-refractivity contribution >= 4 is 11.9 Å². The van der Waals surface area contributed by atoms with Gasteiger partial charge in [-0.05, 0) is 30.6 Å². The van der Waals surface area contributed by atoms with E-state index in [4.69, 9.17) is 10.2 Å². The molecule has 0 aromatic carbocycles. The molecule has 2 rings (SSSR count). The average molecular weight is 210 g/mol. The lowest BCUT2D eigenvalue weighted by Gasteiger charge is -2.23. The molecule has 82 valence electrons. The van der Waals surface area contributed by atoms with Crippen molar-refractivity contribution in [1.29, 1.82) is 0 Å². The molecule has 0 spiro atoms. The first-order valence-electron chi connectivity index (χ1n) is 5.22. The van der Waals surface area contributed by atoms with E-state index in [1.54, 1.807) is 0 Å². The molecule has 0 aliphatic heterocycles. The molecule has 4 nitrogen and oxygen atoms in total.